The summed E-state index contributed by atoms with van der Waals surface area (Å²) < 4.78 is 7.33. The lowest BCUT2D eigenvalue weighted by molar-refractivity contribution is -0.134. The van der Waals surface area contributed by atoms with E-state index in [1.54, 1.807) is 33.8 Å². The van der Waals surface area contributed by atoms with Gasteiger partial charge in [0.2, 0.25) is 0 Å². The molecule has 0 bridgehead atoms. The third-order valence-corrected chi connectivity index (χ3v) is 5.77. The molecule has 0 aliphatic carbocycles. The second-order valence-corrected chi connectivity index (χ2v) is 8.31. The third-order valence-electron chi connectivity index (χ3n) is 5.52. The maximum atomic E-state index is 12.9. The van der Waals surface area contributed by atoms with E-state index in [9.17, 15) is 9.59 Å². The molecule has 1 aliphatic rings. The van der Waals surface area contributed by atoms with Gasteiger partial charge in [0, 0.05) is 49.4 Å². The van der Waals surface area contributed by atoms with Crippen LogP contribution in [0.4, 0.5) is 0 Å². The van der Waals surface area contributed by atoms with Crippen molar-refractivity contribution >= 4 is 23.4 Å². The van der Waals surface area contributed by atoms with Crippen LogP contribution in [0, 0.1) is 6.92 Å². The van der Waals surface area contributed by atoms with Gasteiger partial charge >= 0.3 is 0 Å². The van der Waals surface area contributed by atoms with Gasteiger partial charge in [-0.3, -0.25) is 14.3 Å². The van der Waals surface area contributed by atoms with Crippen molar-refractivity contribution in [2.45, 2.75) is 26.4 Å². The van der Waals surface area contributed by atoms with E-state index in [2.05, 4.69) is 10.4 Å². The molecule has 0 atom stereocenters. The molecule has 1 aromatic heterocycles. The number of amides is 2. The van der Waals surface area contributed by atoms with E-state index in [0.717, 1.165) is 22.4 Å². The Kier molecular flexibility index (Phi) is 6.46. The summed E-state index contributed by atoms with van der Waals surface area (Å²) in [4.78, 5) is 27.3. The number of hydrogen-bond acceptors (Lipinski definition) is 4. The number of aromatic nitrogens is 2. The summed E-state index contributed by atoms with van der Waals surface area (Å²) in [5.74, 6) is 0.202. The molecule has 32 heavy (non-hydrogen) atoms. The number of fused-ring (bicyclic) bond motifs is 1. The maximum absolute atomic E-state index is 12.9. The van der Waals surface area contributed by atoms with E-state index in [4.69, 9.17) is 16.3 Å². The zero-order valence-electron chi connectivity index (χ0n) is 18.1. The number of halogens is 1. The van der Waals surface area contributed by atoms with Crippen molar-refractivity contribution in [3.05, 3.63) is 81.6 Å². The second-order valence-electron chi connectivity index (χ2n) is 7.88. The van der Waals surface area contributed by atoms with Crippen LogP contribution in [0.25, 0.3) is 0 Å². The predicted octanol–water partition coefficient (Wildman–Crippen LogP) is 3.28. The van der Waals surface area contributed by atoms with Crippen molar-refractivity contribution in [2.75, 3.05) is 13.2 Å². The number of rotatable bonds is 6. The maximum Gasteiger partial charge on any atom is 0.272 e. The van der Waals surface area contributed by atoms with E-state index in [1.165, 1.54) is 0 Å². The van der Waals surface area contributed by atoms with E-state index >= 15 is 0 Å². The molecule has 2 heterocycles. The monoisotopic (exact) mass is 452 g/mol. The van der Waals surface area contributed by atoms with E-state index in [0.29, 0.717) is 42.5 Å². The first-order valence-electron chi connectivity index (χ1n) is 10.5. The van der Waals surface area contributed by atoms with Crippen molar-refractivity contribution in [2.24, 2.45) is 7.05 Å². The van der Waals surface area contributed by atoms with Crippen LogP contribution in [0.1, 0.15) is 32.9 Å². The van der Waals surface area contributed by atoms with Crippen LogP contribution in [-0.2, 0) is 31.4 Å². The van der Waals surface area contributed by atoms with Crippen molar-refractivity contribution in [3.63, 3.8) is 0 Å². The molecule has 0 unspecified atom stereocenters. The molecule has 0 fully saturated rings. The average molecular weight is 453 g/mol. The molecule has 0 saturated heterocycles. The summed E-state index contributed by atoms with van der Waals surface area (Å²) in [5, 5.41) is 8.00. The van der Waals surface area contributed by atoms with E-state index in [1.807, 2.05) is 38.2 Å². The quantitative estimate of drug-likeness (QED) is 0.622. The topological polar surface area (TPSA) is 76.5 Å². The van der Waals surface area contributed by atoms with Crippen molar-refractivity contribution in [3.8, 4) is 5.75 Å². The van der Waals surface area contributed by atoms with Crippen LogP contribution >= 0.6 is 11.6 Å². The summed E-state index contributed by atoms with van der Waals surface area (Å²) in [7, 11) is 1.83. The number of ether oxygens (including phenoxy) is 1. The molecule has 0 radical (unpaired) electrons. The average Bonchev–Trinajstić information content (AvgIpc) is 3.13. The Bertz CT molecular complexity index is 1140. The highest BCUT2D eigenvalue weighted by molar-refractivity contribution is 6.30. The highest BCUT2D eigenvalue weighted by Gasteiger charge is 2.29. The molecule has 0 spiro atoms. The smallest absolute Gasteiger partial charge is 0.272 e. The van der Waals surface area contributed by atoms with Gasteiger partial charge in [0.25, 0.3) is 11.8 Å². The zero-order chi connectivity index (χ0) is 22.7. The number of nitrogens with zero attached hydrogens (tertiary/aromatic N) is 3. The fourth-order valence-electron chi connectivity index (χ4n) is 3.84. The number of nitrogens with one attached hydrogen (secondary N) is 1. The lowest BCUT2D eigenvalue weighted by Gasteiger charge is -2.27. The van der Waals surface area contributed by atoms with Crippen LogP contribution in [0.3, 0.4) is 0 Å². The number of benzene rings is 2. The third kappa shape index (κ3) is 4.94. The summed E-state index contributed by atoms with van der Waals surface area (Å²) in [5.41, 5.74) is 4.31. The van der Waals surface area contributed by atoms with Crippen molar-refractivity contribution in [1.29, 1.82) is 0 Å². The highest BCUT2D eigenvalue weighted by Crippen LogP contribution is 2.23. The minimum absolute atomic E-state index is 0.0773. The molecule has 3 aromatic rings. The largest absolute Gasteiger partial charge is 0.484 e. The summed E-state index contributed by atoms with van der Waals surface area (Å²) in [6, 6.07) is 14.9. The van der Waals surface area contributed by atoms with Crippen LogP contribution in [-0.4, -0.2) is 39.6 Å². The minimum Gasteiger partial charge on any atom is -0.484 e. The first-order chi connectivity index (χ1) is 15.4. The normalized spacial score (nSPS) is 12.9. The van der Waals surface area contributed by atoms with Crippen molar-refractivity contribution < 1.29 is 14.3 Å². The fourth-order valence-corrected chi connectivity index (χ4v) is 3.97. The molecular formula is C24H25ClN4O3. The SMILES string of the molecule is Cc1cccc(CNC(=O)c2nn(C)c3c2CN(C(=O)COc2ccc(Cl)cc2)CC3)c1. The Hall–Kier alpha value is -3.32. The Morgan fingerprint density at radius 2 is 1.97 bits per heavy atom. The zero-order valence-corrected chi connectivity index (χ0v) is 18.9. The van der Waals surface area contributed by atoms with Gasteiger partial charge < -0.3 is 15.0 Å². The van der Waals surface area contributed by atoms with Crippen LogP contribution < -0.4 is 10.1 Å². The number of carbonyl (C=O) groups is 2. The lowest BCUT2D eigenvalue weighted by atomic mass is 10.0. The standard InChI is InChI=1S/C24H25ClN4O3/c1-16-4-3-5-17(12-16)13-26-24(31)23-20-14-29(11-10-21(20)28(2)27-23)22(30)15-32-19-8-6-18(25)7-9-19/h3-9,12H,10-11,13-15H2,1-2H3,(H,26,31). The molecule has 7 nitrogen and oxygen atoms in total. The van der Waals surface area contributed by atoms with Gasteiger partial charge in [0.15, 0.2) is 12.3 Å². The molecule has 2 amide bonds. The molecular weight excluding hydrogens is 428 g/mol. The number of hydrogen-bond donors (Lipinski definition) is 1. The summed E-state index contributed by atoms with van der Waals surface area (Å²) in [6.45, 7) is 3.25. The van der Waals surface area contributed by atoms with E-state index in [-0.39, 0.29) is 18.4 Å². The molecule has 1 aliphatic heterocycles. The molecule has 166 valence electrons. The Balaban J connectivity index is 1.41. The summed E-state index contributed by atoms with van der Waals surface area (Å²) in [6.07, 6.45) is 0.636. The van der Waals surface area contributed by atoms with Crippen LogP contribution in [0.5, 0.6) is 5.75 Å². The van der Waals surface area contributed by atoms with E-state index < -0.39 is 0 Å². The van der Waals surface area contributed by atoms with Crippen molar-refractivity contribution in [1.82, 2.24) is 20.0 Å². The van der Waals surface area contributed by atoms with Crippen LogP contribution in [0.15, 0.2) is 48.5 Å². The molecule has 1 N–H and O–H groups in total. The minimum atomic E-state index is -0.241. The van der Waals surface area contributed by atoms with Gasteiger partial charge in [-0.25, -0.2) is 0 Å². The lowest BCUT2D eigenvalue weighted by Crippen LogP contribution is -2.39. The van der Waals surface area contributed by atoms with Gasteiger partial charge in [0.05, 0.1) is 0 Å². The molecule has 0 saturated carbocycles. The predicted molar refractivity (Wildman–Crippen MR) is 122 cm³/mol. The number of carbonyl (C=O) groups excluding carboxylic acids is 2. The van der Waals surface area contributed by atoms with Gasteiger partial charge in [-0.2, -0.15) is 5.10 Å². The van der Waals surface area contributed by atoms with Crippen LogP contribution in [0.2, 0.25) is 5.02 Å². The second kappa shape index (κ2) is 9.44. The summed E-state index contributed by atoms with van der Waals surface area (Å²) >= 11 is 5.88. The van der Waals surface area contributed by atoms with Gasteiger partial charge in [-0.05, 0) is 36.8 Å². The Morgan fingerprint density at radius 1 is 1.19 bits per heavy atom. The van der Waals surface area contributed by atoms with Gasteiger partial charge in [-0.15, -0.1) is 0 Å². The highest BCUT2D eigenvalue weighted by atomic mass is 35.5. The molecule has 8 heteroatoms. The van der Waals surface area contributed by atoms with Gasteiger partial charge in [-0.1, -0.05) is 41.4 Å². The Labute approximate surface area is 191 Å². The van der Waals surface area contributed by atoms with Gasteiger partial charge in [0.1, 0.15) is 5.75 Å². The number of aryl methyl sites for hydroxylation is 2. The molecule has 2 aromatic carbocycles. The molecule has 4 rings (SSSR count). The Morgan fingerprint density at radius 3 is 2.72 bits per heavy atom. The first-order valence-corrected chi connectivity index (χ1v) is 10.8. The first kappa shape index (κ1) is 21.9. The fraction of sp³-hybridized carbons (Fsp3) is 0.292.